The van der Waals surface area contributed by atoms with Crippen molar-refractivity contribution in [2.45, 2.75) is 20.1 Å². The fourth-order valence-corrected chi connectivity index (χ4v) is 4.39. The highest BCUT2D eigenvalue weighted by Crippen LogP contribution is 2.35. The van der Waals surface area contributed by atoms with E-state index in [9.17, 15) is 14.9 Å². The van der Waals surface area contributed by atoms with Crippen molar-refractivity contribution in [2.75, 3.05) is 6.79 Å². The number of aromatic nitrogens is 1. The van der Waals surface area contributed by atoms with E-state index >= 15 is 0 Å². The first-order valence-electron chi connectivity index (χ1n) is 10.8. The van der Waals surface area contributed by atoms with Crippen molar-refractivity contribution in [2.24, 2.45) is 0 Å². The van der Waals surface area contributed by atoms with Crippen LogP contribution >= 0.6 is 11.6 Å². The summed E-state index contributed by atoms with van der Waals surface area (Å²) in [4.78, 5) is 29.1. The molecule has 1 aromatic heterocycles. The fourth-order valence-electron chi connectivity index (χ4n) is 4.20. The number of fused-ring (bicyclic) bond motifs is 2. The number of para-hydroxylation sites is 1. The molecule has 2 heterocycles. The van der Waals surface area contributed by atoms with Crippen LogP contribution < -0.4 is 4.74 Å². The predicted octanol–water partition coefficient (Wildman–Crippen LogP) is 6.00. The summed E-state index contributed by atoms with van der Waals surface area (Å²) in [6, 6.07) is 17.3. The lowest BCUT2D eigenvalue weighted by Gasteiger charge is -2.20. The van der Waals surface area contributed by atoms with E-state index in [-0.39, 0.29) is 25.7 Å². The molecule has 0 unspecified atom stereocenters. The summed E-state index contributed by atoms with van der Waals surface area (Å²) in [5, 5.41) is 12.6. The maximum atomic E-state index is 13.4. The lowest BCUT2D eigenvalue weighted by atomic mass is 9.98. The number of esters is 1. The highest BCUT2D eigenvalue weighted by atomic mass is 35.5. The zero-order valence-corrected chi connectivity index (χ0v) is 19.4. The lowest BCUT2D eigenvalue weighted by molar-refractivity contribution is -0.385. The number of pyridine rings is 1. The Balaban J connectivity index is 1.54. The number of hydrogen-bond donors (Lipinski definition) is 0. The van der Waals surface area contributed by atoms with Gasteiger partial charge in [-0.25, -0.2) is 9.78 Å². The Labute approximate surface area is 205 Å². The lowest BCUT2D eigenvalue weighted by Crippen LogP contribution is -2.15. The van der Waals surface area contributed by atoms with Crippen molar-refractivity contribution < 1.29 is 23.9 Å². The van der Waals surface area contributed by atoms with Gasteiger partial charge >= 0.3 is 5.97 Å². The van der Waals surface area contributed by atoms with E-state index in [1.54, 1.807) is 12.1 Å². The van der Waals surface area contributed by atoms with Crippen LogP contribution in [0.1, 0.15) is 27.0 Å². The second-order valence-electron chi connectivity index (χ2n) is 8.02. The molecule has 0 spiro atoms. The van der Waals surface area contributed by atoms with Gasteiger partial charge in [0.25, 0.3) is 5.69 Å². The summed E-state index contributed by atoms with van der Waals surface area (Å²) < 4.78 is 16.5. The van der Waals surface area contributed by atoms with Crippen LogP contribution in [0.4, 0.5) is 5.69 Å². The van der Waals surface area contributed by atoms with Gasteiger partial charge in [0, 0.05) is 39.2 Å². The topological polar surface area (TPSA) is 101 Å². The third-order valence-electron chi connectivity index (χ3n) is 5.78. The van der Waals surface area contributed by atoms with Crippen LogP contribution in [0.25, 0.3) is 22.2 Å². The largest absolute Gasteiger partial charge is 0.467 e. The molecule has 35 heavy (non-hydrogen) atoms. The number of ether oxygens (including phenoxy) is 3. The van der Waals surface area contributed by atoms with E-state index in [2.05, 4.69) is 0 Å². The molecular formula is C26H19ClN2O6. The zero-order valence-electron chi connectivity index (χ0n) is 18.6. The van der Waals surface area contributed by atoms with Crippen molar-refractivity contribution in [3.63, 3.8) is 0 Å². The van der Waals surface area contributed by atoms with E-state index in [1.807, 2.05) is 43.3 Å². The number of nitro groups is 1. The highest BCUT2D eigenvalue weighted by Gasteiger charge is 2.24. The monoisotopic (exact) mass is 490 g/mol. The maximum absolute atomic E-state index is 13.4. The van der Waals surface area contributed by atoms with E-state index in [1.165, 1.54) is 12.1 Å². The quantitative estimate of drug-likeness (QED) is 0.192. The van der Waals surface area contributed by atoms with Gasteiger partial charge in [-0.05, 0) is 30.7 Å². The molecule has 0 fully saturated rings. The molecule has 0 aliphatic carbocycles. The van der Waals surface area contributed by atoms with Gasteiger partial charge in [0.1, 0.15) is 12.4 Å². The number of non-ortho nitro benzene ring substituents is 1. The average molecular weight is 491 g/mol. The van der Waals surface area contributed by atoms with Crippen molar-refractivity contribution >= 4 is 34.2 Å². The second-order valence-corrected chi connectivity index (χ2v) is 8.46. The molecule has 0 radical (unpaired) electrons. The number of nitrogens with zero attached hydrogens (tertiary/aromatic N) is 2. The molecule has 0 saturated carbocycles. The van der Waals surface area contributed by atoms with Gasteiger partial charge in [0.15, 0.2) is 6.79 Å². The molecule has 4 aromatic rings. The number of hydrogen-bond acceptors (Lipinski definition) is 7. The molecule has 9 heteroatoms. The van der Waals surface area contributed by atoms with Gasteiger partial charge in [-0.2, -0.15) is 0 Å². The first kappa shape index (κ1) is 22.8. The Morgan fingerprint density at radius 1 is 1.17 bits per heavy atom. The van der Waals surface area contributed by atoms with E-state index in [0.29, 0.717) is 49.6 Å². The van der Waals surface area contributed by atoms with Crippen molar-refractivity contribution in [3.05, 3.63) is 98.1 Å². The van der Waals surface area contributed by atoms with Crippen LogP contribution in [0.15, 0.2) is 60.7 Å². The molecular weight excluding hydrogens is 472 g/mol. The summed E-state index contributed by atoms with van der Waals surface area (Å²) in [5.74, 6) is -0.137. The molecule has 0 N–H and O–H groups in total. The van der Waals surface area contributed by atoms with Crippen molar-refractivity contribution in [1.29, 1.82) is 0 Å². The maximum Gasteiger partial charge on any atom is 0.339 e. The van der Waals surface area contributed by atoms with Gasteiger partial charge in [-0.1, -0.05) is 41.9 Å². The van der Waals surface area contributed by atoms with Crippen LogP contribution in [0.2, 0.25) is 5.02 Å². The summed E-state index contributed by atoms with van der Waals surface area (Å²) in [6.45, 7) is 1.80. The van der Waals surface area contributed by atoms with Crippen molar-refractivity contribution in [1.82, 2.24) is 4.98 Å². The Bertz CT molecular complexity index is 1490. The fraction of sp³-hybridized carbons (Fsp3) is 0.154. The molecule has 1 aliphatic rings. The standard InChI is InChI=1S/C26H19ClN2O6/c1-15-23(21-7-2-3-8-22(21)28-24(15)16-5-4-6-19(27)9-16)26(30)34-13-18-11-20(29(31)32)10-17-12-33-14-35-25(17)18/h2-11H,12-14H2,1H3. The second kappa shape index (κ2) is 9.32. The summed E-state index contributed by atoms with van der Waals surface area (Å²) in [7, 11) is 0. The van der Waals surface area contributed by atoms with Crippen LogP contribution in [-0.2, 0) is 22.7 Å². The minimum Gasteiger partial charge on any atom is -0.467 e. The Morgan fingerprint density at radius 3 is 2.80 bits per heavy atom. The van der Waals surface area contributed by atoms with Crippen molar-refractivity contribution in [3.8, 4) is 17.0 Å². The van der Waals surface area contributed by atoms with Crippen LogP contribution in [0.3, 0.4) is 0 Å². The predicted molar refractivity (Wildman–Crippen MR) is 129 cm³/mol. The normalized spacial score (nSPS) is 12.6. The molecule has 0 atom stereocenters. The van der Waals surface area contributed by atoms with Gasteiger partial charge in [0.2, 0.25) is 0 Å². The Morgan fingerprint density at radius 2 is 2.00 bits per heavy atom. The Hall–Kier alpha value is -4.01. The number of rotatable bonds is 5. The molecule has 1 aliphatic heterocycles. The third-order valence-corrected chi connectivity index (χ3v) is 6.01. The SMILES string of the molecule is Cc1c(-c2cccc(Cl)c2)nc2ccccc2c1C(=O)OCc1cc([N+](=O)[O-])cc2c1OCOC2. The van der Waals surface area contributed by atoms with Gasteiger partial charge < -0.3 is 14.2 Å². The Kier molecular flexibility index (Phi) is 6.07. The first-order chi connectivity index (χ1) is 16.9. The summed E-state index contributed by atoms with van der Waals surface area (Å²) in [6.07, 6.45) is 0. The number of halogens is 1. The molecule has 176 valence electrons. The molecule has 8 nitrogen and oxygen atoms in total. The number of carbonyl (C=O) groups is 1. The van der Waals surface area contributed by atoms with Gasteiger partial charge in [0.05, 0.1) is 28.3 Å². The molecule has 0 bridgehead atoms. The highest BCUT2D eigenvalue weighted by molar-refractivity contribution is 6.30. The smallest absolute Gasteiger partial charge is 0.339 e. The molecule has 3 aromatic carbocycles. The number of carbonyl (C=O) groups excluding carboxylic acids is 1. The van der Waals surface area contributed by atoms with Crippen LogP contribution in [0, 0.1) is 17.0 Å². The molecule has 0 saturated heterocycles. The molecule has 5 rings (SSSR count). The van der Waals surface area contributed by atoms with Crippen LogP contribution in [-0.4, -0.2) is 22.7 Å². The van der Waals surface area contributed by atoms with Crippen LogP contribution in [0.5, 0.6) is 5.75 Å². The zero-order chi connectivity index (χ0) is 24.5. The average Bonchev–Trinajstić information content (AvgIpc) is 2.86. The minimum atomic E-state index is -0.573. The third kappa shape index (κ3) is 4.41. The number of benzene rings is 3. The van der Waals surface area contributed by atoms with E-state index < -0.39 is 10.9 Å². The van der Waals surface area contributed by atoms with Gasteiger partial charge in [-0.15, -0.1) is 0 Å². The van der Waals surface area contributed by atoms with E-state index in [4.69, 9.17) is 30.8 Å². The molecule has 0 amide bonds. The van der Waals surface area contributed by atoms with E-state index in [0.717, 1.165) is 5.56 Å². The number of nitro benzene ring substituents is 1. The first-order valence-corrected chi connectivity index (χ1v) is 11.1. The van der Waals surface area contributed by atoms with Gasteiger partial charge in [-0.3, -0.25) is 10.1 Å². The summed E-state index contributed by atoms with van der Waals surface area (Å²) in [5.41, 5.74) is 3.84. The minimum absolute atomic E-state index is 0.0167. The summed E-state index contributed by atoms with van der Waals surface area (Å²) >= 11 is 6.19.